The number of ether oxygens (including phenoxy) is 1. The number of carbonyl (C=O) groups excluding carboxylic acids is 2. The van der Waals surface area contributed by atoms with Crippen LogP contribution < -0.4 is 10.1 Å². The van der Waals surface area contributed by atoms with Gasteiger partial charge in [0, 0.05) is 22.6 Å². The van der Waals surface area contributed by atoms with E-state index in [2.05, 4.69) is 5.32 Å². The van der Waals surface area contributed by atoms with E-state index in [-0.39, 0.29) is 31.0 Å². The number of rotatable bonds is 8. The second kappa shape index (κ2) is 10.5. The minimum atomic E-state index is -0.667. The Labute approximate surface area is 181 Å². The van der Waals surface area contributed by atoms with Crippen LogP contribution in [-0.2, 0) is 16.1 Å². The normalized spacial score (nSPS) is 11.8. The Morgan fingerprint density at radius 1 is 1.10 bits per heavy atom. The van der Waals surface area contributed by atoms with E-state index in [1.807, 2.05) is 32.9 Å². The predicted molar refractivity (Wildman–Crippen MR) is 116 cm³/mol. The van der Waals surface area contributed by atoms with E-state index < -0.39 is 6.04 Å². The molecule has 1 N–H and O–H groups in total. The summed E-state index contributed by atoms with van der Waals surface area (Å²) in [4.78, 5) is 27.0. The third-order valence-corrected chi connectivity index (χ3v) is 4.99. The predicted octanol–water partition coefficient (Wildman–Crippen LogP) is 4.62. The molecule has 0 unspecified atom stereocenters. The highest BCUT2D eigenvalue weighted by atomic mass is 35.5. The van der Waals surface area contributed by atoms with Gasteiger partial charge in [-0.3, -0.25) is 9.59 Å². The molecule has 29 heavy (non-hydrogen) atoms. The lowest BCUT2D eigenvalue weighted by Crippen LogP contribution is -2.50. The monoisotopic (exact) mass is 436 g/mol. The SMILES string of the molecule is Cc1cc(OCC(=O)N(Cc2cccc(Cl)c2)[C@H](C)C(=O)NC(C)C)ccc1Cl. The van der Waals surface area contributed by atoms with Gasteiger partial charge in [0.25, 0.3) is 5.91 Å². The lowest BCUT2D eigenvalue weighted by atomic mass is 10.1. The number of nitrogens with one attached hydrogen (secondary N) is 1. The topological polar surface area (TPSA) is 58.6 Å². The third-order valence-electron chi connectivity index (χ3n) is 4.33. The van der Waals surface area contributed by atoms with Gasteiger partial charge in [0.2, 0.25) is 5.91 Å². The van der Waals surface area contributed by atoms with Crippen molar-refractivity contribution in [2.45, 2.75) is 46.3 Å². The van der Waals surface area contributed by atoms with Gasteiger partial charge in [0.15, 0.2) is 6.61 Å². The second-order valence-corrected chi connectivity index (χ2v) is 8.03. The molecule has 0 aromatic heterocycles. The van der Waals surface area contributed by atoms with Gasteiger partial charge >= 0.3 is 0 Å². The summed E-state index contributed by atoms with van der Waals surface area (Å²) >= 11 is 12.1. The molecule has 5 nitrogen and oxygen atoms in total. The molecule has 1 atom stereocenters. The quantitative estimate of drug-likeness (QED) is 0.656. The van der Waals surface area contributed by atoms with Crippen LogP contribution in [0.15, 0.2) is 42.5 Å². The Morgan fingerprint density at radius 3 is 2.45 bits per heavy atom. The Kier molecular flexibility index (Phi) is 8.35. The van der Waals surface area contributed by atoms with Gasteiger partial charge < -0.3 is 15.0 Å². The molecular formula is C22H26Cl2N2O3. The van der Waals surface area contributed by atoms with Crippen molar-refractivity contribution in [3.63, 3.8) is 0 Å². The van der Waals surface area contributed by atoms with Gasteiger partial charge in [-0.25, -0.2) is 0 Å². The Bertz CT molecular complexity index is 871. The van der Waals surface area contributed by atoms with Gasteiger partial charge in [0.1, 0.15) is 11.8 Å². The molecule has 7 heteroatoms. The number of amides is 2. The molecule has 0 bridgehead atoms. The highest BCUT2D eigenvalue weighted by Crippen LogP contribution is 2.21. The van der Waals surface area contributed by atoms with Crippen molar-refractivity contribution in [2.75, 3.05) is 6.61 Å². The fraction of sp³-hybridized carbons (Fsp3) is 0.364. The van der Waals surface area contributed by atoms with Crippen molar-refractivity contribution in [1.82, 2.24) is 10.2 Å². The number of hydrogen-bond acceptors (Lipinski definition) is 3. The van der Waals surface area contributed by atoms with Gasteiger partial charge in [0.05, 0.1) is 0 Å². The number of aryl methyl sites for hydroxylation is 1. The van der Waals surface area contributed by atoms with Crippen LogP contribution in [0.3, 0.4) is 0 Å². The molecule has 0 saturated carbocycles. The van der Waals surface area contributed by atoms with Crippen LogP contribution in [-0.4, -0.2) is 35.4 Å². The molecule has 0 radical (unpaired) electrons. The van der Waals surface area contributed by atoms with E-state index in [0.717, 1.165) is 11.1 Å². The first-order chi connectivity index (χ1) is 13.7. The Morgan fingerprint density at radius 2 is 1.83 bits per heavy atom. The number of carbonyl (C=O) groups is 2. The first kappa shape index (κ1) is 23.0. The average molecular weight is 437 g/mol. The van der Waals surface area contributed by atoms with Crippen molar-refractivity contribution in [3.05, 3.63) is 63.6 Å². The van der Waals surface area contributed by atoms with E-state index in [1.54, 1.807) is 37.3 Å². The van der Waals surface area contributed by atoms with Crippen LogP contribution in [0, 0.1) is 6.92 Å². The summed E-state index contributed by atoms with van der Waals surface area (Å²) in [5.74, 6) is 0.0175. The van der Waals surface area contributed by atoms with E-state index in [4.69, 9.17) is 27.9 Å². The molecule has 0 spiro atoms. The second-order valence-electron chi connectivity index (χ2n) is 7.19. The van der Waals surface area contributed by atoms with Crippen LogP contribution in [0.5, 0.6) is 5.75 Å². The first-order valence-corrected chi connectivity index (χ1v) is 10.2. The van der Waals surface area contributed by atoms with Gasteiger partial charge in [-0.15, -0.1) is 0 Å². The summed E-state index contributed by atoms with van der Waals surface area (Å²) in [6.07, 6.45) is 0. The standard InChI is InChI=1S/C22H26Cl2N2O3/c1-14(2)25-22(28)16(4)26(12-17-6-5-7-18(23)11-17)21(27)13-29-19-8-9-20(24)15(3)10-19/h5-11,14,16H,12-13H2,1-4H3,(H,25,28)/t16-/m1/s1. The molecular weight excluding hydrogens is 411 g/mol. The number of halogens is 2. The van der Waals surface area contributed by atoms with Gasteiger partial charge in [-0.05, 0) is 69.2 Å². The molecule has 2 aromatic carbocycles. The molecule has 2 amide bonds. The molecule has 0 fully saturated rings. The maximum atomic E-state index is 13.0. The van der Waals surface area contributed by atoms with Gasteiger partial charge in [-0.1, -0.05) is 35.3 Å². The molecule has 0 aliphatic heterocycles. The van der Waals surface area contributed by atoms with Crippen LogP contribution in [0.25, 0.3) is 0 Å². The fourth-order valence-electron chi connectivity index (χ4n) is 2.75. The van der Waals surface area contributed by atoms with Crippen LogP contribution in [0.4, 0.5) is 0 Å². The Balaban J connectivity index is 2.16. The van der Waals surface area contributed by atoms with E-state index >= 15 is 0 Å². The van der Waals surface area contributed by atoms with Crippen LogP contribution >= 0.6 is 23.2 Å². The number of nitrogens with zero attached hydrogens (tertiary/aromatic N) is 1. The van der Waals surface area contributed by atoms with E-state index in [1.165, 1.54) is 4.90 Å². The maximum Gasteiger partial charge on any atom is 0.261 e. The maximum absolute atomic E-state index is 13.0. The molecule has 0 heterocycles. The summed E-state index contributed by atoms with van der Waals surface area (Å²) in [5.41, 5.74) is 1.69. The number of hydrogen-bond donors (Lipinski definition) is 1. The summed E-state index contributed by atoms with van der Waals surface area (Å²) in [6, 6.07) is 11.7. The third kappa shape index (κ3) is 6.94. The summed E-state index contributed by atoms with van der Waals surface area (Å²) < 4.78 is 5.65. The molecule has 0 saturated heterocycles. The van der Waals surface area contributed by atoms with Crippen molar-refractivity contribution < 1.29 is 14.3 Å². The smallest absolute Gasteiger partial charge is 0.261 e. The average Bonchev–Trinajstić information content (AvgIpc) is 2.65. The van der Waals surface area contributed by atoms with E-state index in [0.29, 0.717) is 15.8 Å². The van der Waals surface area contributed by atoms with Crippen LogP contribution in [0.2, 0.25) is 10.0 Å². The lowest BCUT2D eigenvalue weighted by molar-refractivity contribution is -0.142. The molecule has 0 aliphatic carbocycles. The Hall–Kier alpha value is -2.24. The van der Waals surface area contributed by atoms with Crippen LogP contribution in [0.1, 0.15) is 31.9 Å². The zero-order chi connectivity index (χ0) is 21.6. The first-order valence-electron chi connectivity index (χ1n) is 9.40. The van der Waals surface area contributed by atoms with Crippen molar-refractivity contribution in [2.24, 2.45) is 0 Å². The molecule has 2 aromatic rings. The largest absolute Gasteiger partial charge is 0.484 e. The van der Waals surface area contributed by atoms with Gasteiger partial charge in [-0.2, -0.15) is 0 Å². The highest BCUT2D eigenvalue weighted by molar-refractivity contribution is 6.31. The zero-order valence-electron chi connectivity index (χ0n) is 17.0. The fourth-order valence-corrected chi connectivity index (χ4v) is 3.09. The summed E-state index contributed by atoms with van der Waals surface area (Å²) in [6.45, 7) is 7.36. The minimum absolute atomic E-state index is 0.0265. The van der Waals surface area contributed by atoms with E-state index in [9.17, 15) is 9.59 Å². The molecule has 156 valence electrons. The number of benzene rings is 2. The zero-order valence-corrected chi connectivity index (χ0v) is 18.6. The van der Waals surface area contributed by atoms with Crippen molar-refractivity contribution in [1.29, 1.82) is 0 Å². The summed E-state index contributed by atoms with van der Waals surface area (Å²) in [7, 11) is 0. The van der Waals surface area contributed by atoms with Crippen molar-refractivity contribution in [3.8, 4) is 5.75 Å². The minimum Gasteiger partial charge on any atom is -0.484 e. The van der Waals surface area contributed by atoms with Crippen molar-refractivity contribution >= 4 is 35.0 Å². The molecule has 0 aliphatic rings. The highest BCUT2D eigenvalue weighted by Gasteiger charge is 2.27. The summed E-state index contributed by atoms with van der Waals surface area (Å²) in [5, 5.41) is 4.05. The molecule has 2 rings (SSSR count). The lowest BCUT2D eigenvalue weighted by Gasteiger charge is -2.29.